The summed E-state index contributed by atoms with van der Waals surface area (Å²) in [6, 6.07) is 17.5. The molecule has 3 aromatic carbocycles. The molecule has 1 amide bonds. The zero-order chi connectivity index (χ0) is 25.9. The highest BCUT2D eigenvalue weighted by molar-refractivity contribution is 5.91. The van der Waals surface area contributed by atoms with Crippen molar-refractivity contribution in [2.75, 3.05) is 0 Å². The quantitative estimate of drug-likeness (QED) is 0.412. The Balaban J connectivity index is 1.73. The molecule has 184 valence electrons. The van der Waals surface area contributed by atoms with E-state index >= 15 is 0 Å². The molecule has 36 heavy (non-hydrogen) atoms. The Kier molecular flexibility index (Phi) is 6.82. The van der Waals surface area contributed by atoms with Crippen molar-refractivity contribution in [2.24, 2.45) is 0 Å². The third kappa shape index (κ3) is 5.40. The van der Waals surface area contributed by atoms with Crippen molar-refractivity contribution in [2.45, 2.75) is 19.3 Å². The zero-order valence-electron chi connectivity index (χ0n) is 18.5. The van der Waals surface area contributed by atoms with Gasteiger partial charge in [0.1, 0.15) is 5.82 Å². The van der Waals surface area contributed by atoms with Gasteiger partial charge in [0.15, 0.2) is 0 Å². The van der Waals surface area contributed by atoms with Gasteiger partial charge in [-0.1, -0.05) is 42.5 Å². The van der Waals surface area contributed by atoms with Gasteiger partial charge in [0.05, 0.1) is 17.8 Å². The number of nitrogens with zero attached hydrogens (tertiary/aromatic N) is 3. The number of amides is 1. The van der Waals surface area contributed by atoms with Crippen LogP contribution in [-0.2, 0) is 19.3 Å². The second kappa shape index (κ2) is 9.98. The summed E-state index contributed by atoms with van der Waals surface area (Å²) in [4.78, 5) is 39.1. The van der Waals surface area contributed by atoms with Gasteiger partial charge in [-0.3, -0.25) is 14.2 Å². The Labute approximate surface area is 201 Å². The van der Waals surface area contributed by atoms with Gasteiger partial charge in [0, 0.05) is 6.54 Å². The number of hydrogen-bond donors (Lipinski definition) is 1. The van der Waals surface area contributed by atoms with Crippen LogP contribution in [0.2, 0.25) is 0 Å². The molecule has 0 aliphatic heterocycles. The van der Waals surface area contributed by atoms with Crippen LogP contribution in [0.1, 0.15) is 27.2 Å². The molecule has 4 aromatic rings. The van der Waals surface area contributed by atoms with E-state index in [1.165, 1.54) is 30.3 Å². The number of benzene rings is 3. The number of para-hydroxylation sites is 1. The normalized spacial score (nSPS) is 11.3. The van der Waals surface area contributed by atoms with E-state index in [1.807, 2.05) is 0 Å². The van der Waals surface area contributed by atoms with Crippen LogP contribution >= 0.6 is 0 Å². The van der Waals surface area contributed by atoms with Crippen molar-refractivity contribution in [1.82, 2.24) is 19.7 Å². The van der Waals surface area contributed by atoms with Crippen molar-refractivity contribution < 1.29 is 22.4 Å². The molecule has 0 radical (unpaired) electrons. The van der Waals surface area contributed by atoms with Gasteiger partial charge in [-0.2, -0.15) is 23.0 Å². The van der Waals surface area contributed by atoms with Gasteiger partial charge >= 0.3 is 11.9 Å². The van der Waals surface area contributed by atoms with Gasteiger partial charge in [-0.05, 0) is 47.5 Å². The van der Waals surface area contributed by atoms with Gasteiger partial charge < -0.3 is 5.32 Å². The number of halogens is 4. The van der Waals surface area contributed by atoms with Crippen molar-refractivity contribution >= 4 is 5.91 Å². The molecule has 0 spiro atoms. The third-order valence-electron chi connectivity index (χ3n) is 5.24. The van der Waals surface area contributed by atoms with Crippen molar-refractivity contribution in [3.05, 3.63) is 128 Å². The summed E-state index contributed by atoms with van der Waals surface area (Å²) in [6.07, 6.45) is -4.54. The predicted octanol–water partition coefficient (Wildman–Crippen LogP) is 3.53. The zero-order valence-corrected chi connectivity index (χ0v) is 18.5. The van der Waals surface area contributed by atoms with Crippen LogP contribution in [0.25, 0.3) is 5.69 Å². The smallest absolute Gasteiger partial charge is 0.346 e. The first-order valence-electron chi connectivity index (χ1n) is 10.6. The molecule has 7 nitrogen and oxygen atoms in total. The molecule has 0 aliphatic carbocycles. The summed E-state index contributed by atoms with van der Waals surface area (Å²) in [7, 11) is 0. The van der Waals surface area contributed by atoms with Crippen LogP contribution in [0.4, 0.5) is 17.6 Å². The van der Waals surface area contributed by atoms with Crippen molar-refractivity contribution in [3.8, 4) is 5.69 Å². The number of aromatic nitrogens is 3. The fourth-order valence-electron chi connectivity index (χ4n) is 3.43. The maximum atomic E-state index is 13.4. The lowest BCUT2D eigenvalue weighted by Gasteiger charge is -2.13. The number of nitrogens with one attached hydrogen (secondary N) is 1. The SMILES string of the molecule is O=C(NCc1cccc(F)c1)c1nn(-c2ccccc2)c(=O)n(Cc2ccc(C(F)(F)F)cc2)c1=O. The Morgan fingerprint density at radius 1 is 0.889 bits per heavy atom. The van der Waals surface area contributed by atoms with Gasteiger partial charge in [-0.25, -0.2) is 9.18 Å². The molecular weight excluding hydrogens is 480 g/mol. The minimum absolute atomic E-state index is 0.110. The highest BCUT2D eigenvalue weighted by Crippen LogP contribution is 2.29. The standard InChI is InChI=1S/C25H18F4N4O3/c26-19-6-4-5-17(13-19)14-30-22(34)21-23(35)32(15-16-9-11-18(12-10-16)25(27,28)29)24(36)33(31-21)20-7-2-1-3-8-20/h1-13H,14-15H2,(H,30,34). The first kappa shape index (κ1) is 24.6. The molecule has 1 N–H and O–H groups in total. The van der Waals surface area contributed by atoms with Crippen LogP contribution in [0.5, 0.6) is 0 Å². The number of alkyl halides is 3. The predicted molar refractivity (Wildman–Crippen MR) is 122 cm³/mol. The minimum Gasteiger partial charge on any atom is -0.346 e. The van der Waals surface area contributed by atoms with Crippen LogP contribution < -0.4 is 16.6 Å². The van der Waals surface area contributed by atoms with Gasteiger partial charge in [0.25, 0.3) is 11.5 Å². The second-order valence-corrected chi connectivity index (χ2v) is 7.78. The third-order valence-corrected chi connectivity index (χ3v) is 5.24. The average Bonchev–Trinajstić information content (AvgIpc) is 2.85. The van der Waals surface area contributed by atoms with Crippen molar-refractivity contribution in [1.29, 1.82) is 0 Å². The largest absolute Gasteiger partial charge is 0.416 e. The highest BCUT2D eigenvalue weighted by atomic mass is 19.4. The number of rotatable bonds is 6. The van der Waals surface area contributed by atoms with Crippen molar-refractivity contribution in [3.63, 3.8) is 0 Å². The van der Waals surface area contributed by atoms with E-state index in [0.717, 1.165) is 33.5 Å². The van der Waals surface area contributed by atoms with E-state index in [1.54, 1.807) is 24.3 Å². The molecule has 1 aromatic heterocycles. The van der Waals surface area contributed by atoms with Crippen LogP contribution in [0.3, 0.4) is 0 Å². The van der Waals surface area contributed by atoms with E-state index in [9.17, 15) is 31.9 Å². The fraction of sp³-hybridized carbons (Fsp3) is 0.120. The summed E-state index contributed by atoms with van der Waals surface area (Å²) in [5.41, 5.74) is -2.46. The van der Waals surface area contributed by atoms with Crippen LogP contribution in [0, 0.1) is 5.82 Å². The second-order valence-electron chi connectivity index (χ2n) is 7.78. The van der Waals surface area contributed by atoms with Gasteiger partial charge in [0.2, 0.25) is 5.69 Å². The van der Waals surface area contributed by atoms with Gasteiger partial charge in [-0.15, -0.1) is 0 Å². The van der Waals surface area contributed by atoms with E-state index in [2.05, 4.69) is 10.4 Å². The molecule has 1 heterocycles. The minimum atomic E-state index is -4.54. The Morgan fingerprint density at radius 3 is 2.22 bits per heavy atom. The molecule has 4 rings (SSSR count). The summed E-state index contributed by atoms with van der Waals surface area (Å²) < 4.78 is 53.7. The molecule has 0 fully saturated rings. The summed E-state index contributed by atoms with van der Waals surface area (Å²) in [5, 5.41) is 6.43. The average molecular weight is 498 g/mol. The summed E-state index contributed by atoms with van der Waals surface area (Å²) in [6.45, 7) is -0.504. The molecular formula is C25H18F4N4O3. The fourth-order valence-corrected chi connectivity index (χ4v) is 3.43. The molecule has 11 heteroatoms. The number of hydrogen-bond acceptors (Lipinski definition) is 4. The van der Waals surface area contributed by atoms with E-state index in [-0.39, 0.29) is 17.8 Å². The molecule has 0 bridgehead atoms. The van der Waals surface area contributed by atoms with E-state index < -0.39 is 47.0 Å². The first-order valence-corrected chi connectivity index (χ1v) is 10.6. The number of carbonyl (C=O) groups is 1. The first-order chi connectivity index (χ1) is 17.1. The summed E-state index contributed by atoms with van der Waals surface area (Å²) in [5.74, 6) is -1.41. The lowest BCUT2D eigenvalue weighted by Crippen LogP contribution is -2.46. The Bertz CT molecular complexity index is 1510. The number of carbonyl (C=O) groups excluding carboxylic acids is 1. The monoisotopic (exact) mass is 498 g/mol. The van der Waals surface area contributed by atoms with Crippen LogP contribution in [-0.4, -0.2) is 20.3 Å². The van der Waals surface area contributed by atoms with E-state index in [4.69, 9.17) is 0 Å². The molecule has 0 aliphatic rings. The molecule has 0 unspecified atom stereocenters. The lowest BCUT2D eigenvalue weighted by atomic mass is 10.1. The lowest BCUT2D eigenvalue weighted by molar-refractivity contribution is -0.137. The molecule has 0 saturated heterocycles. The highest BCUT2D eigenvalue weighted by Gasteiger charge is 2.30. The Hall–Kier alpha value is -4.54. The maximum absolute atomic E-state index is 13.4. The van der Waals surface area contributed by atoms with E-state index in [0.29, 0.717) is 5.56 Å². The maximum Gasteiger partial charge on any atom is 0.416 e. The molecule has 0 atom stereocenters. The molecule has 0 saturated carbocycles. The topological polar surface area (TPSA) is 86.0 Å². The van der Waals surface area contributed by atoms with Crippen LogP contribution in [0.15, 0.2) is 88.5 Å². The summed E-state index contributed by atoms with van der Waals surface area (Å²) >= 11 is 0. The Morgan fingerprint density at radius 2 is 1.58 bits per heavy atom.